The van der Waals surface area contributed by atoms with Gasteiger partial charge in [0, 0.05) is 38.1 Å². The van der Waals surface area contributed by atoms with Gasteiger partial charge >= 0.3 is 11.8 Å². The molecule has 1 aromatic carbocycles. The Morgan fingerprint density at radius 2 is 1.88 bits per heavy atom. The van der Waals surface area contributed by atoms with Gasteiger partial charge in [0.1, 0.15) is 0 Å². The Morgan fingerprint density at radius 1 is 1.17 bits per heavy atom. The van der Waals surface area contributed by atoms with Crippen molar-refractivity contribution in [3.05, 3.63) is 47.0 Å². The predicted molar refractivity (Wildman–Crippen MR) is 93.8 cm³/mol. The highest BCUT2D eigenvalue weighted by atomic mass is 32.1. The maximum atomic E-state index is 12.2. The van der Waals surface area contributed by atoms with Gasteiger partial charge in [0.2, 0.25) is 0 Å². The number of amides is 2. The third kappa shape index (κ3) is 4.18. The molecule has 2 amide bonds. The number of aromatic nitrogens is 1. The van der Waals surface area contributed by atoms with Gasteiger partial charge < -0.3 is 4.90 Å². The normalized spacial score (nSPS) is 15.3. The third-order valence-corrected chi connectivity index (χ3v) is 4.82. The monoisotopic (exact) mass is 344 g/mol. The zero-order valence-corrected chi connectivity index (χ0v) is 14.4. The zero-order valence-electron chi connectivity index (χ0n) is 13.6. The van der Waals surface area contributed by atoms with Gasteiger partial charge in [-0.15, -0.1) is 11.3 Å². The molecule has 1 fully saturated rings. The van der Waals surface area contributed by atoms with E-state index in [2.05, 4.69) is 27.3 Å². The van der Waals surface area contributed by atoms with Crippen LogP contribution >= 0.6 is 11.3 Å². The minimum Gasteiger partial charge on any atom is -0.332 e. The first-order valence-electron chi connectivity index (χ1n) is 7.90. The molecule has 0 radical (unpaired) electrons. The number of thiazole rings is 1. The fraction of sp³-hybridized carbons (Fsp3) is 0.353. The molecule has 0 atom stereocenters. The van der Waals surface area contributed by atoms with Gasteiger partial charge in [-0.1, -0.05) is 30.3 Å². The molecule has 1 N–H and O–H groups in total. The quantitative estimate of drug-likeness (QED) is 0.862. The Labute approximate surface area is 145 Å². The molecule has 3 rings (SSSR count). The molecule has 6 nitrogen and oxygen atoms in total. The van der Waals surface area contributed by atoms with E-state index in [1.807, 2.05) is 30.5 Å². The number of carbonyl (C=O) groups excluding carboxylic acids is 2. The summed E-state index contributed by atoms with van der Waals surface area (Å²) in [4.78, 5) is 32.3. The Kier molecular flexibility index (Phi) is 5.22. The van der Waals surface area contributed by atoms with Crippen molar-refractivity contribution in [1.82, 2.24) is 14.8 Å². The van der Waals surface area contributed by atoms with Gasteiger partial charge in [-0.05, 0) is 12.5 Å². The summed E-state index contributed by atoms with van der Waals surface area (Å²) in [5.74, 6) is -1.09. The number of nitrogens with zero attached hydrogens (tertiary/aromatic N) is 3. The van der Waals surface area contributed by atoms with Crippen LogP contribution in [0, 0.1) is 6.92 Å². The van der Waals surface area contributed by atoms with E-state index in [4.69, 9.17) is 0 Å². The molecule has 2 aromatic rings. The van der Waals surface area contributed by atoms with Crippen LogP contribution in [0.5, 0.6) is 0 Å². The second kappa shape index (κ2) is 7.55. The Balaban J connectivity index is 1.48. The molecular weight excluding hydrogens is 324 g/mol. The van der Waals surface area contributed by atoms with Crippen LogP contribution < -0.4 is 5.32 Å². The van der Waals surface area contributed by atoms with Crippen LogP contribution in [0.25, 0.3) is 0 Å². The van der Waals surface area contributed by atoms with Gasteiger partial charge in [-0.25, -0.2) is 4.98 Å². The lowest BCUT2D eigenvalue weighted by Crippen LogP contribution is -2.51. The highest BCUT2D eigenvalue weighted by Crippen LogP contribution is 2.15. The van der Waals surface area contributed by atoms with Crippen molar-refractivity contribution in [1.29, 1.82) is 0 Å². The highest BCUT2D eigenvalue weighted by Gasteiger charge is 2.26. The van der Waals surface area contributed by atoms with Crippen molar-refractivity contribution in [3.63, 3.8) is 0 Å². The average Bonchev–Trinajstić information content (AvgIpc) is 3.00. The first kappa shape index (κ1) is 16.6. The number of rotatable bonds is 3. The van der Waals surface area contributed by atoms with Crippen molar-refractivity contribution >= 4 is 28.3 Å². The Hall–Kier alpha value is -2.25. The molecule has 2 heterocycles. The van der Waals surface area contributed by atoms with E-state index in [0.29, 0.717) is 18.2 Å². The number of hydrogen-bond donors (Lipinski definition) is 1. The SMILES string of the molecule is Cc1csc(NC(=O)C(=O)N2CCN(Cc3ccccc3)CC2)n1. The Morgan fingerprint density at radius 3 is 2.50 bits per heavy atom. The maximum absolute atomic E-state index is 12.2. The molecule has 0 bridgehead atoms. The minimum absolute atomic E-state index is 0.466. The summed E-state index contributed by atoms with van der Waals surface area (Å²) in [5, 5.41) is 4.88. The van der Waals surface area contributed by atoms with E-state index in [9.17, 15) is 9.59 Å². The largest absolute Gasteiger partial charge is 0.332 e. The number of nitrogens with one attached hydrogen (secondary N) is 1. The van der Waals surface area contributed by atoms with Crippen molar-refractivity contribution < 1.29 is 9.59 Å². The lowest BCUT2D eigenvalue weighted by Gasteiger charge is -2.34. The second-order valence-electron chi connectivity index (χ2n) is 5.80. The van der Waals surface area contributed by atoms with Crippen LogP contribution in [-0.2, 0) is 16.1 Å². The fourth-order valence-corrected chi connectivity index (χ4v) is 3.34. The van der Waals surface area contributed by atoms with Crippen LogP contribution in [0.2, 0.25) is 0 Å². The number of aryl methyl sites for hydroxylation is 1. The first-order chi connectivity index (χ1) is 11.6. The number of hydrogen-bond acceptors (Lipinski definition) is 5. The molecule has 24 heavy (non-hydrogen) atoms. The molecule has 0 aliphatic carbocycles. The number of benzene rings is 1. The summed E-state index contributed by atoms with van der Waals surface area (Å²) in [6, 6.07) is 10.3. The molecule has 0 saturated carbocycles. The Bertz CT molecular complexity index is 708. The van der Waals surface area contributed by atoms with Gasteiger partial charge in [-0.2, -0.15) is 0 Å². The summed E-state index contributed by atoms with van der Waals surface area (Å²) in [5.41, 5.74) is 2.09. The van der Waals surface area contributed by atoms with Gasteiger partial charge in [0.05, 0.1) is 5.69 Å². The molecular formula is C17H20N4O2S. The molecule has 0 unspecified atom stereocenters. The van der Waals surface area contributed by atoms with E-state index in [1.54, 1.807) is 4.90 Å². The van der Waals surface area contributed by atoms with Crippen molar-refractivity contribution in [2.45, 2.75) is 13.5 Å². The molecule has 126 valence electrons. The smallest absolute Gasteiger partial charge is 0.315 e. The van der Waals surface area contributed by atoms with Crippen molar-refractivity contribution in [2.75, 3.05) is 31.5 Å². The predicted octanol–water partition coefficient (Wildman–Crippen LogP) is 1.73. The third-order valence-electron chi connectivity index (χ3n) is 3.94. The molecule has 0 spiro atoms. The molecule has 7 heteroatoms. The number of carbonyl (C=O) groups is 2. The number of anilines is 1. The molecule has 1 aliphatic heterocycles. The zero-order chi connectivity index (χ0) is 16.9. The summed E-state index contributed by atoms with van der Waals surface area (Å²) >= 11 is 1.32. The molecule has 1 aliphatic rings. The van der Waals surface area contributed by atoms with Crippen LogP contribution in [0.4, 0.5) is 5.13 Å². The first-order valence-corrected chi connectivity index (χ1v) is 8.78. The lowest BCUT2D eigenvalue weighted by molar-refractivity contribution is -0.144. The fourth-order valence-electron chi connectivity index (χ4n) is 2.66. The minimum atomic E-state index is -0.610. The van der Waals surface area contributed by atoms with E-state index in [1.165, 1.54) is 16.9 Å². The van der Waals surface area contributed by atoms with Gasteiger partial charge in [0.25, 0.3) is 0 Å². The molecule has 1 aromatic heterocycles. The van der Waals surface area contributed by atoms with E-state index < -0.39 is 11.8 Å². The van der Waals surface area contributed by atoms with E-state index in [-0.39, 0.29) is 0 Å². The van der Waals surface area contributed by atoms with Crippen LogP contribution in [0.15, 0.2) is 35.7 Å². The summed E-state index contributed by atoms with van der Waals surface area (Å²) < 4.78 is 0. The van der Waals surface area contributed by atoms with Crippen LogP contribution in [0.1, 0.15) is 11.3 Å². The highest BCUT2D eigenvalue weighted by molar-refractivity contribution is 7.14. The lowest BCUT2D eigenvalue weighted by atomic mass is 10.2. The second-order valence-corrected chi connectivity index (χ2v) is 6.66. The van der Waals surface area contributed by atoms with Crippen molar-refractivity contribution in [3.8, 4) is 0 Å². The van der Waals surface area contributed by atoms with Crippen LogP contribution in [0.3, 0.4) is 0 Å². The summed E-state index contributed by atoms with van der Waals surface area (Å²) in [7, 11) is 0. The average molecular weight is 344 g/mol. The van der Waals surface area contributed by atoms with Gasteiger partial charge in [-0.3, -0.25) is 19.8 Å². The number of piperazine rings is 1. The van der Waals surface area contributed by atoms with Crippen molar-refractivity contribution in [2.24, 2.45) is 0 Å². The van der Waals surface area contributed by atoms with E-state index >= 15 is 0 Å². The van der Waals surface area contributed by atoms with E-state index in [0.717, 1.165) is 25.3 Å². The molecule has 1 saturated heterocycles. The topological polar surface area (TPSA) is 65.5 Å². The summed E-state index contributed by atoms with van der Waals surface area (Å²) in [6.07, 6.45) is 0. The van der Waals surface area contributed by atoms with Gasteiger partial charge in [0.15, 0.2) is 5.13 Å². The maximum Gasteiger partial charge on any atom is 0.315 e. The summed E-state index contributed by atoms with van der Waals surface area (Å²) in [6.45, 7) is 5.38. The standard InChI is InChI=1S/C17H20N4O2S/c1-13-12-24-17(18-13)19-15(22)16(23)21-9-7-20(8-10-21)11-14-5-3-2-4-6-14/h2-6,12H,7-11H2,1H3,(H,18,19,22). The van der Waals surface area contributed by atoms with Crippen LogP contribution in [-0.4, -0.2) is 52.8 Å².